The first kappa shape index (κ1) is 74.5. The number of methoxy groups -OCH3 is 2. The Morgan fingerprint density at radius 3 is 1.33 bits per heavy atom. The van der Waals surface area contributed by atoms with Crippen LogP contribution in [0.15, 0.2) is 48.6 Å². The molecule has 24 nitrogen and oxygen atoms in total. The standard InChI is InChI=1S/C40H60O12.C40H58O12/c2*1-19-11-24-5-7-28-20(2)12-26(45-28)9-10-40-17-33-36(51-40)37-38(50-33)39(52-40)35-29(49-37)8-6-25(47-35)13-22(42)14-27-31(16-30(46-24)21(19)3)48-32(34(27)44-4)15-23(43)18-41/h19,22-39,41-43H,2-3,5-18H2,1,4H3;19,23-39,41,43H,2-3,5-18H2,1,4H3. The van der Waals surface area contributed by atoms with Crippen LogP contribution in [0.25, 0.3) is 0 Å². The fourth-order valence-corrected chi connectivity index (χ4v) is 22.7. The number of aliphatic hydroxyl groups excluding tert-OH is 5. The van der Waals surface area contributed by atoms with Gasteiger partial charge in [-0.2, -0.15) is 0 Å². The molecule has 0 amide bonds. The number of aliphatic hydroxyl groups is 5. The molecule has 104 heavy (non-hydrogen) atoms. The number of carbonyl (C=O) groups excluding carboxylic acids is 1. The lowest BCUT2D eigenvalue weighted by Crippen LogP contribution is -2.61. The minimum atomic E-state index is -0.951. The van der Waals surface area contributed by atoms with E-state index in [0.29, 0.717) is 57.8 Å². The summed E-state index contributed by atoms with van der Waals surface area (Å²) in [4.78, 5) is 14.0. The normalized spacial score (nSPS) is 53.1. The number of carbonyl (C=O) groups is 1. The van der Waals surface area contributed by atoms with Crippen molar-refractivity contribution in [2.75, 3.05) is 27.4 Å². The Morgan fingerprint density at radius 2 is 0.827 bits per heavy atom. The zero-order valence-corrected chi connectivity index (χ0v) is 61.5. The molecular weight excluding hydrogens is 1340 g/mol. The van der Waals surface area contributed by atoms with E-state index in [2.05, 4.69) is 40.2 Å². The van der Waals surface area contributed by atoms with Crippen molar-refractivity contribution < 1.29 is 116 Å². The molecule has 2 spiro atoms. The summed E-state index contributed by atoms with van der Waals surface area (Å²) in [5, 5.41) is 51.9. The van der Waals surface area contributed by atoms with Crippen molar-refractivity contribution in [1.29, 1.82) is 0 Å². The summed E-state index contributed by atoms with van der Waals surface area (Å²) < 4.78 is 120. The molecule has 24 heteroatoms. The van der Waals surface area contributed by atoms with Crippen LogP contribution in [0.5, 0.6) is 0 Å². The number of Topliss-reactive ketones (excluding diaryl/α,β-unsaturated/α-hetero) is 1. The molecule has 20 aliphatic heterocycles. The lowest BCUT2D eigenvalue weighted by Gasteiger charge is -2.47. The van der Waals surface area contributed by atoms with Crippen molar-refractivity contribution >= 4 is 5.78 Å². The fourth-order valence-electron chi connectivity index (χ4n) is 22.7. The second-order valence-electron chi connectivity index (χ2n) is 34.9. The summed E-state index contributed by atoms with van der Waals surface area (Å²) >= 11 is 0. The minimum absolute atomic E-state index is 0.0163. The maximum Gasteiger partial charge on any atom is 0.172 e. The predicted octanol–water partition coefficient (Wildman–Crippen LogP) is 6.74. The maximum absolute atomic E-state index is 14.0. The molecular formula is C80H118O24. The Kier molecular flexibility index (Phi) is 21.7. The van der Waals surface area contributed by atoms with E-state index in [0.717, 1.165) is 106 Å². The second-order valence-corrected chi connectivity index (χ2v) is 34.9. The summed E-state index contributed by atoms with van der Waals surface area (Å²) in [7, 11) is 3.29. The molecule has 20 fully saturated rings. The smallest absolute Gasteiger partial charge is 0.172 e. The molecule has 0 aromatic heterocycles. The van der Waals surface area contributed by atoms with E-state index < -0.39 is 48.2 Å². The van der Waals surface area contributed by atoms with Crippen molar-refractivity contribution in [3.63, 3.8) is 0 Å². The van der Waals surface area contributed by atoms with Gasteiger partial charge in [0.05, 0.1) is 154 Å². The summed E-state index contributed by atoms with van der Waals surface area (Å²) in [6, 6.07) is 0. The second kappa shape index (κ2) is 30.3. The monoisotopic (exact) mass is 1460 g/mol. The van der Waals surface area contributed by atoms with Gasteiger partial charge in [0.25, 0.3) is 0 Å². The molecule has 0 saturated carbocycles. The molecule has 24 bridgehead atoms. The van der Waals surface area contributed by atoms with Crippen LogP contribution in [-0.4, -0.2) is 272 Å². The Hall–Kier alpha value is -2.29. The van der Waals surface area contributed by atoms with Crippen molar-refractivity contribution in [3.05, 3.63) is 48.6 Å². The van der Waals surface area contributed by atoms with Gasteiger partial charge in [0, 0.05) is 90.3 Å². The van der Waals surface area contributed by atoms with Crippen LogP contribution in [0, 0.1) is 23.7 Å². The zero-order valence-electron chi connectivity index (χ0n) is 61.5. The molecule has 20 aliphatic rings. The summed E-state index contributed by atoms with van der Waals surface area (Å²) in [6.45, 7) is 21.5. The third-order valence-electron chi connectivity index (χ3n) is 28.0. The van der Waals surface area contributed by atoms with Gasteiger partial charge in [-0.1, -0.05) is 40.2 Å². The largest absolute Gasteiger partial charge is 0.394 e. The van der Waals surface area contributed by atoms with E-state index in [4.69, 9.17) is 85.3 Å². The van der Waals surface area contributed by atoms with Gasteiger partial charge in [0.2, 0.25) is 0 Å². The summed E-state index contributed by atoms with van der Waals surface area (Å²) in [6.07, 6.45) is 8.52. The predicted molar refractivity (Wildman–Crippen MR) is 370 cm³/mol. The zero-order chi connectivity index (χ0) is 71.8. The van der Waals surface area contributed by atoms with Gasteiger partial charge in [0.1, 0.15) is 66.8 Å². The Balaban J connectivity index is 0.000000154. The average molecular weight is 1460 g/mol. The molecule has 20 heterocycles. The van der Waals surface area contributed by atoms with E-state index in [9.17, 15) is 30.3 Å². The van der Waals surface area contributed by atoms with Gasteiger partial charge in [-0.25, -0.2) is 0 Å². The first-order valence-electron chi connectivity index (χ1n) is 40.3. The highest BCUT2D eigenvalue weighted by atomic mass is 16.8. The first-order chi connectivity index (χ1) is 50.2. The highest BCUT2D eigenvalue weighted by Gasteiger charge is 2.71. The van der Waals surface area contributed by atoms with E-state index in [1.807, 2.05) is 0 Å². The third kappa shape index (κ3) is 14.4. The number of ketones is 1. The van der Waals surface area contributed by atoms with E-state index in [1.165, 1.54) is 0 Å². The highest BCUT2D eigenvalue weighted by Crippen LogP contribution is 2.57. The van der Waals surface area contributed by atoms with E-state index >= 15 is 0 Å². The number of rotatable bonds is 8. The summed E-state index contributed by atoms with van der Waals surface area (Å²) in [5.74, 6) is -1.36. The van der Waals surface area contributed by atoms with Gasteiger partial charge < -0.3 is 111 Å². The van der Waals surface area contributed by atoms with E-state index in [1.54, 1.807) is 14.2 Å². The average Bonchev–Trinajstić information content (AvgIpc) is 1.46. The molecule has 39 atom stereocenters. The molecule has 0 aliphatic carbocycles. The Morgan fingerprint density at radius 1 is 0.413 bits per heavy atom. The lowest BCUT2D eigenvalue weighted by atomic mass is 9.81. The molecule has 582 valence electrons. The van der Waals surface area contributed by atoms with Crippen molar-refractivity contribution in [2.24, 2.45) is 23.7 Å². The molecule has 5 N–H and O–H groups in total. The van der Waals surface area contributed by atoms with Crippen molar-refractivity contribution in [1.82, 2.24) is 0 Å². The maximum atomic E-state index is 14.0. The quantitative estimate of drug-likeness (QED) is 0.157. The lowest BCUT2D eigenvalue weighted by molar-refractivity contribution is -0.294. The van der Waals surface area contributed by atoms with E-state index in [-0.39, 0.29) is 233 Å². The number of ether oxygens (including phenoxy) is 18. The van der Waals surface area contributed by atoms with Crippen LogP contribution in [0.1, 0.15) is 181 Å². The molecule has 20 saturated heterocycles. The van der Waals surface area contributed by atoms with Gasteiger partial charge >= 0.3 is 0 Å². The number of fused-ring (bicyclic) bond motifs is 12. The first-order valence-corrected chi connectivity index (χ1v) is 40.3. The molecule has 0 aromatic rings. The van der Waals surface area contributed by atoms with Crippen LogP contribution in [-0.2, 0) is 90.1 Å². The Bertz CT molecular complexity index is 3100. The van der Waals surface area contributed by atoms with Gasteiger partial charge in [-0.3, -0.25) is 4.79 Å². The summed E-state index contributed by atoms with van der Waals surface area (Å²) in [5.41, 5.74) is 4.37. The molecule has 39 unspecified atom stereocenters. The van der Waals surface area contributed by atoms with Crippen molar-refractivity contribution in [2.45, 2.75) is 394 Å². The highest BCUT2D eigenvalue weighted by molar-refractivity contribution is 5.79. The number of hydrogen-bond acceptors (Lipinski definition) is 24. The van der Waals surface area contributed by atoms with Crippen LogP contribution in [0.4, 0.5) is 0 Å². The van der Waals surface area contributed by atoms with Gasteiger partial charge in [-0.15, -0.1) is 0 Å². The van der Waals surface area contributed by atoms with Crippen LogP contribution >= 0.6 is 0 Å². The van der Waals surface area contributed by atoms with Crippen LogP contribution in [0.2, 0.25) is 0 Å². The SMILES string of the molecule is C=C1CC2CCC34CC5OC6C(OC7CCC(CC(=O)CC8C(CC9OC(CCC1O2)CC(C)C9=C)OC(CC(O)CO)C8OC)OC7C6O3)C5O4.C=C1CC2CCC34CC5OC6C(OC7CCC(CC(O)CC8C(CC9OC(CCC1O2)CC(C)C9=C)OC(CC(O)CO)C8OC)OC7C6O3)C5O4. The molecule has 0 radical (unpaired) electrons. The van der Waals surface area contributed by atoms with Gasteiger partial charge in [-0.05, 0) is 137 Å². The fraction of sp³-hybridized carbons (Fsp3) is 0.887. The number of hydrogen-bond donors (Lipinski definition) is 5. The topological polar surface area (TPSA) is 284 Å². The Labute approximate surface area is 612 Å². The molecule has 20 rings (SSSR count). The third-order valence-corrected chi connectivity index (χ3v) is 28.0. The minimum Gasteiger partial charge on any atom is -0.394 e. The van der Waals surface area contributed by atoms with Gasteiger partial charge in [0.15, 0.2) is 11.6 Å². The van der Waals surface area contributed by atoms with Crippen LogP contribution < -0.4 is 0 Å². The van der Waals surface area contributed by atoms with Crippen LogP contribution in [0.3, 0.4) is 0 Å². The van der Waals surface area contributed by atoms with Crippen molar-refractivity contribution in [3.8, 4) is 0 Å². The molecule has 0 aromatic carbocycles.